The monoisotopic (exact) mass is 489 g/mol. The largest absolute Gasteiger partial charge is 0.486 e. The lowest BCUT2D eigenvalue weighted by Crippen LogP contribution is -2.00. The Bertz CT molecular complexity index is 1150. The molecule has 0 saturated heterocycles. The Morgan fingerprint density at radius 2 is 1.89 bits per heavy atom. The SMILES string of the molecule is Fc1cccc(COc2ccc(Nc3ncc4cc(I)ccc4n3)cc2F)c1. The number of nitrogens with zero attached hydrogens (tertiary/aromatic N) is 2. The molecule has 4 rings (SSSR count). The summed E-state index contributed by atoms with van der Waals surface area (Å²) in [6.45, 7) is 0.0774. The molecule has 1 heterocycles. The van der Waals surface area contributed by atoms with Crippen molar-refractivity contribution in [2.24, 2.45) is 0 Å². The minimum absolute atomic E-state index is 0.0774. The van der Waals surface area contributed by atoms with Crippen LogP contribution >= 0.6 is 22.6 Å². The molecule has 140 valence electrons. The number of nitrogens with one attached hydrogen (secondary N) is 1. The van der Waals surface area contributed by atoms with Crippen LogP contribution in [0, 0.1) is 15.2 Å². The molecule has 28 heavy (non-hydrogen) atoms. The molecule has 0 spiro atoms. The van der Waals surface area contributed by atoms with Gasteiger partial charge in [0.15, 0.2) is 11.6 Å². The van der Waals surface area contributed by atoms with E-state index in [4.69, 9.17) is 4.74 Å². The number of aromatic nitrogens is 2. The van der Waals surface area contributed by atoms with Crippen LogP contribution in [0.1, 0.15) is 5.56 Å². The van der Waals surface area contributed by atoms with Crippen LogP contribution in [0.25, 0.3) is 10.9 Å². The molecule has 7 heteroatoms. The molecular formula is C21H14F2IN3O. The first kappa shape index (κ1) is 18.5. The van der Waals surface area contributed by atoms with Crippen molar-refractivity contribution in [2.75, 3.05) is 5.32 Å². The minimum Gasteiger partial charge on any atom is -0.486 e. The lowest BCUT2D eigenvalue weighted by Gasteiger charge is -2.10. The first-order valence-electron chi connectivity index (χ1n) is 8.43. The summed E-state index contributed by atoms with van der Waals surface area (Å²) in [4.78, 5) is 8.70. The number of fused-ring (bicyclic) bond motifs is 1. The molecule has 0 unspecified atom stereocenters. The third kappa shape index (κ3) is 4.36. The van der Waals surface area contributed by atoms with Gasteiger partial charge in [0, 0.05) is 26.9 Å². The van der Waals surface area contributed by atoms with Gasteiger partial charge in [0.25, 0.3) is 0 Å². The normalized spacial score (nSPS) is 10.8. The highest BCUT2D eigenvalue weighted by atomic mass is 127. The summed E-state index contributed by atoms with van der Waals surface area (Å²) in [6, 6.07) is 16.4. The van der Waals surface area contributed by atoms with E-state index in [0.717, 1.165) is 14.5 Å². The van der Waals surface area contributed by atoms with Gasteiger partial charge in [0.05, 0.1) is 5.52 Å². The summed E-state index contributed by atoms with van der Waals surface area (Å²) < 4.78 is 34.1. The summed E-state index contributed by atoms with van der Waals surface area (Å²) in [7, 11) is 0. The van der Waals surface area contributed by atoms with Gasteiger partial charge >= 0.3 is 0 Å². The van der Waals surface area contributed by atoms with Gasteiger partial charge in [0.2, 0.25) is 5.95 Å². The number of benzene rings is 3. The van der Waals surface area contributed by atoms with Crippen molar-refractivity contribution in [3.63, 3.8) is 0 Å². The van der Waals surface area contributed by atoms with Gasteiger partial charge in [0.1, 0.15) is 12.4 Å². The first-order chi connectivity index (χ1) is 13.6. The second kappa shape index (κ2) is 8.05. The van der Waals surface area contributed by atoms with E-state index in [1.165, 1.54) is 24.3 Å². The highest BCUT2D eigenvalue weighted by Gasteiger charge is 2.08. The standard InChI is InChI=1S/C21H14F2IN3O/c22-15-3-1-2-13(8-15)12-28-20-7-5-17(10-18(20)23)26-21-25-11-14-9-16(24)4-6-19(14)27-21/h1-11H,12H2,(H,25,26,27). The average Bonchev–Trinajstić information content (AvgIpc) is 2.67. The van der Waals surface area contributed by atoms with Crippen molar-refractivity contribution in [3.8, 4) is 5.75 Å². The van der Waals surface area contributed by atoms with Gasteiger partial charge in [-0.25, -0.2) is 18.7 Å². The third-order valence-corrected chi connectivity index (χ3v) is 4.68. The molecule has 4 nitrogen and oxygen atoms in total. The molecule has 1 N–H and O–H groups in total. The van der Waals surface area contributed by atoms with Crippen LogP contribution in [0.3, 0.4) is 0 Å². The Hall–Kier alpha value is -2.81. The second-order valence-electron chi connectivity index (χ2n) is 6.09. The number of anilines is 2. The van der Waals surface area contributed by atoms with Gasteiger partial charge in [-0.15, -0.1) is 0 Å². The molecule has 0 aliphatic heterocycles. The lowest BCUT2D eigenvalue weighted by molar-refractivity contribution is 0.290. The van der Waals surface area contributed by atoms with E-state index in [2.05, 4.69) is 37.9 Å². The number of hydrogen-bond acceptors (Lipinski definition) is 4. The quantitative estimate of drug-likeness (QED) is 0.358. The second-order valence-corrected chi connectivity index (χ2v) is 7.33. The molecule has 4 aromatic rings. The lowest BCUT2D eigenvalue weighted by atomic mass is 10.2. The Kier molecular flexibility index (Phi) is 5.34. The van der Waals surface area contributed by atoms with Gasteiger partial charge in [-0.2, -0.15) is 0 Å². The molecule has 0 aliphatic rings. The van der Waals surface area contributed by atoms with E-state index in [9.17, 15) is 8.78 Å². The van der Waals surface area contributed by atoms with Crippen LogP contribution in [0.2, 0.25) is 0 Å². The Morgan fingerprint density at radius 1 is 1.00 bits per heavy atom. The third-order valence-electron chi connectivity index (χ3n) is 4.01. The van der Waals surface area contributed by atoms with Crippen LogP contribution in [0.4, 0.5) is 20.4 Å². The fourth-order valence-electron chi connectivity index (χ4n) is 2.68. The van der Waals surface area contributed by atoms with Crippen molar-refractivity contribution in [2.45, 2.75) is 6.61 Å². The number of ether oxygens (including phenoxy) is 1. The topological polar surface area (TPSA) is 47.0 Å². The molecular weight excluding hydrogens is 475 g/mol. The first-order valence-corrected chi connectivity index (χ1v) is 9.51. The van der Waals surface area contributed by atoms with E-state index in [1.807, 2.05) is 18.2 Å². The highest BCUT2D eigenvalue weighted by molar-refractivity contribution is 14.1. The van der Waals surface area contributed by atoms with Crippen molar-refractivity contribution in [3.05, 3.63) is 87.6 Å². The van der Waals surface area contributed by atoms with Crippen LogP contribution in [0.5, 0.6) is 5.75 Å². The zero-order valence-corrected chi connectivity index (χ0v) is 16.7. The van der Waals surface area contributed by atoms with Gasteiger partial charge in [-0.05, 0) is 70.6 Å². The van der Waals surface area contributed by atoms with Crippen LogP contribution in [0.15, 0.2) is 66.9 Å². The van der Waals surface area contributed by atoms with Crippen molar-refractivity contribution in [1.82, 2.24) is 9.97 Å². The maximum atomic E-state index is 14.4. The van der Waals surface area contributed by atoms with E-state index >= 15 is 0 Å². The van der Waals surface area contributed by atoms with Gasteiger partial charge < -0.3 is 10.1 Å². The molecule has 3 aromatic carbocycles. The Morgan fingerprint density at radius 3 is 2.71 bits per heavy atom. The number of halogens is 3. The van der Waals surface area contributed by atoms with Crippen molar-refractivity contribution in [1.29, 1.82) is 0 Å². The summed E-state index contributed by atoms with van der Waals surface area (Å²) in [5.41, 5.74) is 1.93. The van der Waals surface area contributed by atoms with E-state index < -0.39 is 5.82 Å². The number of rotatable bonds is 5. The Balaban J connectivity index is 1.47. The maximum absolute atomic E-state index is 14.4. The fraction of sp³-hybridized carbons (Fsp3) is 0.0476. The molecule has 0 radical (unpaired) electrons. The van der Waals surface area contributed by atoms with Crippen molar-refractivity contribution >= 4 is 45.1 Å². The summed E-state index contributed by atoms with van der Waals surface area (Å²) in [6.07, 6.45) is 1.72. The molecule has 0 aliphatic carbocycles. The molecule has 1 aromatic heterocycles. The minimum atomic E-state index is -0.531. The number of hydrogen-bond donors (Lipinski definition) is 1. The predicted molar refractivity (Wildman–Crippen MR) is 113 cm³/mol. The maximum Gasteiger partial charge on any atom is 0.227 e. The van der Waals surface area contributed by atoms with Crippen LogP contribution in [-0.2, 0) is 6.61 Å². The summed E-state index contributed by atoms with van der Waals surface area (Å²) >= 11 is 2.23. The molecule has 0 fully saturated rings. The van der Waals surface area contributed by atoms with Crippen LogP contribution in [-0.4, -0.2) is 9.97 Å². The molecule has 0 amide bonds. The zero-order chi connectivity index (χ0) is 19.5. The van der Waals surface area contributed by atoms with Crippen LogP contribution < -0.4 is 10.1 Å². The van der Waals surface area contributed by atoms with E-state index in [-0.39, 0.29) is 18.2 Å². The average molecular weight is 489 g/mol. The zero-order valence-electron chi connectivity index (χ0n) is 14.5. The smallest absolute Gasteiger partial charge is 0.227 e. The molecule has 0 bridgehead atoms. The fourth-order valence-corrected chi connectivity index (χ4v) is 3.19. The predicted octanol–water partition coefficient (Wildman–Crippen LogP) is 5.84. The van der Waals surface area contributed by atoms with Gasteiger partial charge in [-0.1, -0.05) is 12.1 Å². The van der Waals surface area contributed by atoms with Gasteiger partial charge in [-0.3, -0.25) is 0 Å². The molecule has 0 saturated carbocycles. The van der Waals surface area contributed by atoms with E-state index in [1.54, 1.807) is 24.4 Å². The molecule has 0 atom stereocenters. The highest BCUT2D eigenvalue weighted by Crippen LogP contribution is 2.24. The van der Waals surface area contributed by atoms with Crippen molar-refractivity contribution < 1.29 is 13.5 Å². The van der Waals surface area contributed by atoms with E-state index in [0.29, 0.717) is 17.2 Å². The summed E-state index contributed by atoms with van der Waals surface area (Å²) in [5.74, 6) is -0.423. The Labute approximate surface area is 173 Å². The summed E-state index contributed by atoms with van der Waals surface area (Å²) in [5, 5.41) is 3.93.